The van der Waals surface area contributed by atoms with Gasteiger partial charge in [0.15, 0.2) is 0 Å². The summed E-state index contributed by atoms with van der Waals surface area (Å²) in [6, 6.07) is 0. The fourth-order valence-corrected chi connectivity index (χ4v) is 0.790. The van der Waals surface area contributed by atoms with Gasteiger partial charge < -0.3 is 0 Å². The molecule has 0 saturated heterocycles. The molecule has 0 bridgehead atoms. The van der Waals surface area contributed by atoms with Crippen molar-refractivity contribution in [2.75, 3.05) is 0 Å². The van der Waals surface area contributed by atoms with Gasteiger partial charge in [-0.25, -0.2) is 4.98 Å². The van der Waals surface area contributed by atoms with Crippen molar-refractivity contribution in [3.63, 3.8) is 0 Å². The monoisotopic (exact) mass is 132 g/mol. The van der Waals surface area contributed by atoms with Crippen molar-refractivity contribution in [1.82, 2.24) is 8.96 Å². The smallest absolute Gasteiger partial charge is 0.105 e. The standard InChI is InChI=1S/C3H4N2S2/c6-7-5-2-1-4-3-5/h1-3,6H. The molecule has 0 saturated carbocycles. The lowest BCUT2D eigenvalue weighted by Gasteiger charge is -1.85. The van der Waals surface area contributed by atoms with Crippen LogP contribution in [0.5, 0.6) is 0 Å². The van der Waals surface area contributed by atoms with E-state index in [1.807, 2.05) is 6.20 Å². The fraction of sp³-hybridized carbons (Fsp3) is 0. The van der Waals surface area contributed by atoms with E-state index in [2.05, 4.69) is 16.6 Å². The van der Waals surface area contributed by atoms with Gasteiger partial charge in [-0.2, -0.15) is 0 Å². The van der Waals surface area contributed by atoms with E-state index < -0.39 is 0 Å². The van der Waals surface area contributed by atoms with Crippen LogP contribution >= 0.6 is 22.6 Å². The molecule has 0 aliphatic rings. The third-order valence-corrected chi connectivity index (χ3v) is 1.54. The van der Waals surface area contributed by atoms with Crippen molar-refractivity contribution in [1.29, 1.82) is 0 Å². The average Bonchev–Trinajstić information content (AvgIpc) is 2.14. The summed E-state index contributed by atoms with van der Waals surface area (Å²) in [4.78, 5) is 3.79. The quantitative estimate of drug-likeness (QED) is 0.457. The van der Waals surface area contributed by atoms with Crippen LogP contribution in [0.15, 0.2) is 18.7 Å². The van der Waals surface area contributed by atoms with Crippen molar-refractivity contribution in [3.8, 4) is 0 Å². The summed E-state index contributed by atoms with van der Waals surface area (Å²) in [5, 5.41) is 0. The zero-order valence-corrected chi connectivity index (χ0v) is 5.19. The zero-order chi connectivity index (χ0) is 5.11. The van der Waals surface area contributed by atoms with Crippen molar-refractivity contribution in [2.24, 2.45) is 0 Å². The van der Waals surface area contributed by atoms with Gasteiger partial charge in [0.05, 0.1) is 0 Å². The molecule has 1 aromatic heterocycles. The molecule has 0 atom stereocenters. The van der Waals surface area contributed by atoms with Gasteiger partial charge in [-0.3, -0.25) is 3.97 Å². The predicted molar refractivity (Wildman–Crippen MR) is 34.2 cm³/mol. The van der Waals surface area contributed by atoms with Gasteiger partial charge in [-0.15, -0.1) is 0 Å². The first-order valence-electron chi connectivity index (χ1n) is 1.73. The molecule has 0 unspecified atom stereocenters. The van der Waals surface area contributed by atoms with Crippen LogP contribution in [-0.4, -0.2) is 8.96 Å². The van der Waals surface area contributed by atoms with Crippen molar-refractivity contribution in [3.05, 3.63) is 18.7 Å². The maximum absolute atomic E-state index is 3.92. The number of nitrogens with zero attached hydrogens (tertiary/aromatic N) is 2. The molecule has 7 heavy (non-hydrogen) atoms. The first kappa shape index (κ1) is 5.05. The molecule has 0 aliphatic carbocycles. The number of hydrogen-bond donors (Lipinski definition) is 1. The van der Waals surface area contributed by atoms with Gasteiger partial charge in [-0.1, -0.05) is 11.7 Å². The minimum absolute atomic E-state index is 1.32. The summed E-state index contributed by atoms with van der Waals surface area (Å²) in [5.74, 6) is 0. The van der Waals surface area contributed by atoms with Crippen LogP contribution in [0, 0.1) is 0 Å². The second kappa shape index (κ2) is 2.28. The molecular weight excluding hydrogens is 128 g/mol. The molecule has 1 aromatic rings. The summed E-state index contributed by atoms with van der Waals surface area (Å²) < 4.78 is 1.79. The molecule has 0 radical (unpaired) electrons. The lowest BCUT2D eigenvalue weighted by atomic mass is 11.0. The van der Waals surface area contributed by atoms with Crippen LogP contribution < -0.4 is 0 Å². The second-order valence-electron chi connectivity index (χ2n) is 1.00. The lowest BCUT2D eigenvalue weighted by molar-refractivity contribution is 1.24. The van der Waals surface area contributed by atoms with Crippen LogP contribution in [0.4, 0.5) is 0 Å². The first-order valence-corrected chi connectivity index (χ1v) is 3.56. The SMILES string of the molecule is SSn1ccnc1. The van der Waals surface area contributed by atoms with E-state index in [4.69, 9.17) is 0 Å². The third kappa shape index (κ3) is 1.14. The molecule has 0 aliphatic heterocycles. The Bertz CT molecular complexity index is 125. The normalized spacial score (nSPS) is 9.29. The molecule has 0 N–H and O–H groups in total. The second-order valence-corrected chi connectivity index (χ2v) is 2.08. The number of imidazole rings is 1. The lowest BCUT2D eigenvalue weighted by Crippen LogP contribution is -1.70. The van der Waals surface area contributed by atoms with Crippen LogP contribution in [0.25, 0.3) is 0 Å². The summed E-state index contributed by atoms with van der Waals surface area (Å²) in [6.07, 6.45) is 5.23. The van der Waals surface area contributed by atoms with E-state index in [-0.39, 0.29) is 0 Å². The Morgan fingerprint density at radius 3 is 2.86 bits per heavy atom. The number of rotatable bonds is 1. The molecule has 2 nitrogen and oxygen atoms in total. The molecule has 0 aromatic carbocycles. The highest BCUT2D eigenvalue weighted by Crippen LogP contribution is 2.06. The molecular formula is C3H4N2S2. The summed E-state index contributed by atoms with van der Waals surface area (Å²) in [5.41, 5.74) is 0. The number of thiol groups is 1. The first-order chi connectivity index (χ1) is 3.43. The van der Waals surface area contributed by atoms with Gasteiger partial charge in [-0.05, 0) is 0 Å². The van der Waals surface area contributed by atoms with Crippen molar-refractivity contribution >= 4 is 22.6 Å². The number of aromatic nitrogens is 2. The van der Waals surface area contributed by atoms with E-state index in [0.29, 0.717) is 0 Å². The molecule has 1 heterocycles. The highest BCUT2D eigenvalue weighted by Gasteiger charge is 1.79. The Balaban J connectivity index is 2.76. The van der Waals surface area contributed by atoms with E-state index >= 15 is 0 Å². The maximum atomic E-state index is 3.92. The van der Waals surface area contributed by atoms with E-state index in [1.54, 1.807) is 16.5 Å². The van der Waals surface area contributed by atoms with Crippen molar-refractivity contribution < 1.29 is 0 Å². The Hall–Kier alpha value is -0.0900. The molecule has 0 fully saturated rings. The van der Waals surface area contributed by atoms with Crippen LogP contribution in [-0.2, 0) is 0 Å². The summed E-state index contributed by atoms with van der Waals surface area (Å²) in [6.45, 7) is 0. The largest absolute Gasteiger partial charge is 0.271 e. The minimum Gasteiger partial charge on any atom is -0.271 e. The van der Waals surface area contributed by atoms with E-state index in [0.717, 1.165) is 0 Å². The van der Waals surface area contributed by atoms with Gasteiger partial charge in [0.2, 0.25) is 0 Å². The zero-order valence-electron chi connectivity index (χ0n) is 3.48. The Labute approximate surface area is 50.9 Å². The Kier molecular flexibility index (Phi) is 1.64. The fourth-order valence-electron chi connectivity index (χ4n) is 0.295. The molecule has 4 heteroatoms. The van der Waals surface area contributed by atoms with Crippen LogP contribution in [0.2, 0.25) is 0 Å². The summed E-state index contributed by atoms with van der Waals surface area (Å²) >= 11 is 3.92. The predicted octanol–water partition coefficient (Wildman–Crippen LogP) is 1.22. The number of hydrogen-bond acceptors (Lipinski definition) is 3. The molecule has 0 spiro atoms. The third-order valence-electron chi connectivity index (χ3n) is 0.574. The van der Waals surface area contributed by atoms with Crippen LogP contribution in [0.3, 0.4) is 0 Å². The van der Waals surface area contributed by atoms with Crippen molar-refractivity contribution in [2.45, 2.75) is 0 Å². The Morgan fingerprint density at radius 2 is 2.57 bits per heavy atom. The average molecular weight is 132 g/mol. The van der Waals surface area contributed by atoms with Crippen LogP contribution in [0.1, 0.15) is 0 Å². The molecule has 0 amide bonds. The van der Waals surface area contributed by atoms with Gasteiger partial charge in [0, 0.05) is 23.4 Å². The topological polar surface area (TPSA) is 17.8 Å². The molecule has 38 valence electrons. The minimum atomic E-state index is 1.32. The highest BCUT2D eigenvalue weighted by atomic mass is 33.1. The van der Waals surface area contributed by atoms with Gasteiger partial charge >= 0.3 is 0 Å². The molecule has 1 rings (SSSR count). The van der Waals surface area contributed by atoms with E-state index in [9.17, 15) is 0 Å². The Morgan fingerprint density at radius 1 is 1.71 bits per heavy atom. The summed E-state index contributed by atoms with van der Waals surface area (Å²) in [7, 11) is 1.32. The van der Waals surface area contributed by atoms with E-state index in [1.165, 1.54) is 11.0 Å². The van der Waals surface area contributed by atoms with Gasteiger partial charge in [0.25, 0.3) is 0 Å². The maximum Gasteiger partial charge on any atom is 0.105 e. The van der Waals surface area contributed by atoms with Gasteiger partial charge in [0.1, 0.15) is 6.33 Å². The highest BCUT2D eigenvalue weighted by molar-refractivity contribution is 8.67.